The standard InChI is InChI=1S/C23H29N5O2/c1-23(2,3)22-24-11-16-13-28(9-8-18(16)26-22)14-17-12-25-27-21(17)15-6-7-19(29-4)20(10-15)30-5/h6-7,10-12H,8-9,13-14H2,1-5H3,(H,25,27). The van der Waals surface area contributed by atoms with E-state index in [1.165, 1.54) is 11.3 Å². The minimum Gasteiger partial charge on any atom is -0.493 e. The van der Waals surface area contributed by atoms with Gasteiger partial charge in [0, 0.05) is 60.1 Å². The maximum absolute atomic E-state index is 5.45. The van der Waals surface area contributed by atoms with E-state index >= 15 is 0 Å². The molecule has 158 valence electrons. The molecule has 1 aromatic carbocycles. The fourth-order valence-corrected chi connectivity index (χ4v) is 3.78. The first-order valence-corrected chi connectivity index (χ1v) is 10.2. The minimum atomic E-state index is -0.0305. The molecule has 7 nitrogen and oxygen atoms in total. The van der Waals surface area contributed by atoms with Crippen molar-refractivity contribution in [2.45, 2.75) is 45.7 Å². The van der Waals surface area contributed by atoms with Crippen LogP contribution in [0.15, 0.2) is 30.6 Å². The van der Waals surface area contributed by atoms with E-state index in [1.807, 2.05) is 30.6 Å². The molecular weight excluding hydrogens is 378 g/mol. The summed E-state index contributed by atoms with van der Waals surface area (Å²) >= 11 is 0. The molecule has 1 aliphatic heterocycles. The van der Waals surface area contributed by atoms with Gasteiger partial charge in [0.1, 0.15) is 5.82 Å². The number of methoxy groups -OCH3 is 2. The van der Waals surface area contributed by atoms with Crippen LogP contribution in [0.1, 0.15) is 43.4 Å². The first-order chi connectivity index (χ1) is 14.4. The van der Waals surface area contributed by atoms with Crippen molar-refractivity contribution in [1.29, 1.82) is 0 Å². The molecule has 30 heavy (non-hydrogen) atoms. The summed E-state index contributed by atoms with van der Waals surface area (Å²) in [5.74, 6) is 2.33. The average Bonchev–Trinajstić information content (AvgIpc) is 3.20. The largest absolute Gasteiger partial charge is 0.493 e. The van der Waals surface area contributed by atoms with Crippen molar-refractivity contribution >= 4 is 0 Å². The fourth-order valence-electron chi connectivity index (χ4n) is 3.78. The molecule has 1 N–H and O–H groups in total. The summed E-state index contributed by atoms with van der Waals surface area (Å²) in [7, 11) is 3.29. The number of nitrogens with one attached hydrogen (secondary N) is 1. The summed E-state index contributed by atoms with van der Waals surface area (Å²) in [4.78, 5) is 11.9. The lowest BCUT2D eigenvalue weighted by Gasteiger charge is -2.29. The topological polar surface area (TPSA) is 76.2 Å². The van der Waals surface area contributed by atoms with E-state index in [-0.39, 0.29) is 5.41 Å². The minimum absolute atomic E-state index is 0.0305. The summed E-state index contributed by atoms with van der Waals surface area (Å²) in [6, 6.07) is 5.91. The number of aromatic nitrogens is 4. The third-order valence-electron chi connectivity index (χ3n) is 5.47. The molecule has 0 fully saturated rings. The Balaban J connectivity index is 1.53. The van der Waals surface area contributed by atoms with Crippen LogP contribution in [0.3, 0.4) is 0 Å². The number of benzene rings is 1. The Kier molecular flexibility index (Phi) is 5.47. The SMILES string of the molecule is COc1ccc(-c2[nH]ncc2CN2CCc3nc(C(C)(C)C)ncc3C2)cc1OC. The number of ether oxygens (including phenoxy) is 2. The van der Waals surface area contributed by atoms with Gasteiger partial charge in [0.2, 0.25) is 0 Å². The van der Waals surface area contributed by atoms with E-state index in [2.05, 4.69) is 40.9 Å². The lowest BCUT2D eigenvalue weighted by molar-refractivity contribution is 0.242. The van der Waals surface area contributed by atoms with Gasteiger partial charge in [-0.05, 0) is 18.2 Å². The van der Waals surface area contributed by atoms with E-state index in [9.17, 15) is 0 Å². The monoisotopic (exact) mass is 407 g/mol. The van der Waals surface area contributed by atoms with Crippen LogP contribution < -0.4 is 9.47 Å². The number of hydrogen-bond acceptors (Lipinski definition) is 6. The number of nitrogens with zero attached hydrogens (tertiary/aromatic N) is 4. The summed E-state index contributed by atoms with van der Waals surface area (Å²) in [6.45, 7) is 9.07. The van der Waals surface area contributed by atoms with E-state index in [1.54, 1.807) is 14.2 Å². The van der Waals surface area contributed by atoms with Gasteiger partial charge in [-0.2, -0.15) is 5.10 Å². The van der Waals surface area contributed by atoms with Crippen LogP contribution in [0.25, 0.3) is 11.3 Å². The van der Waals surface area contributed by atoms with E-state index in [0.717, 1.165) is 48.7 Å². The lowest BCUT2D eigenvalue weighted by atomic mass is 9.95. The Bertz CT molecular complexity index is 1040. The Hall–Kier alpha value is -2.93. The van der Waals surface area contributed by atoms with Crippen molar-refractivity contribution in [3.63, 3.8) is 0 Å². The van der Waals surface area contributed by atoms with Crippen LogP contribution in [-0.4, -0.2) is 45.8 Å². The van der Waals surface area contributed by atoms with Gasteiger partial charge in [-0.3, -0.25) is 10.00 Å². The van der Waals surface area contributed by atoms with Gasteiger partial charge in [0.15, 0.2) is 11.5 Å². The van der Waals surface area contributed by atoms with E-state index < -0.39 is 0 Å². The Morgan fingerprint density at radius 2 is 1.90 bits per heavy atom. The van der Waals surface area contributed by atoms with Crippen LogP contribution >= 0.6 is 0 Å². The van der Waals surface area contributed by atoms with Crippen LogP contribution in [0.2, 0.25) is 0 Å². The molecule has 0 saturated heterocycles. The first kappa shape index (κ1) is 20.3. The third kappa shape index (κ3) is 4.03. The predicted octanol–water partition coefficient (Wildman–Crippen LogP) is 3.74. The highest BCUT2D eigenvalue weighted by atomic mass is 16.5. The van der Waals surface area contributed by atoms with Gasteiger partial charge < -0.3 is 9.47 Å². The number of aromatic amines is 1. The normalized spacial score (nSPS) is 14.4. The Morgan fingerprint density at radius 3 is 2.63 bits per heavy atom. The van der Waals surface area contributed by atoms with Crippen molar-refractivity contribution in [2.75, 3.05) is 20.8 Å². The van der Waals surface area contributed by atoms with Crippen molar-refractivity contribution < 1.29 is 9.47 Å². The van der Waals surface area contributed by atoms with E-state index in [4.69, 9.17) is 14.5 Å². The van der Waals surface area contributed by atoms with Crippen molar-refractivity contribution in [3.05, 3.63) is 53.2 Å². The molecule has 2 aromatic heterocycles. The molecule has 0 bridgehead atoms. The van der Waals surface area contributed by atoms with E-state index in [0.29, 0.717) is 11.5 Å². The molecule has 3 heterocycles. The quantitative estimate of drug-likeness (QED) is 0.694. The number of hydrogen-bond donors (Lipinski definition) is 1. The van der Waals surface area contributed by atoms with Crippen LogP contribution in [0, 0.1) is 0 Å². The molecule has 0 saturated carbocycles. The number of H-pyrrole nitrogens is 1. The number of rotatable bonds is 5. The highest BCUT2D eigenvalue weighted by Crippen LogP contribution is 2.33. The van der Waals surface area contributed by atoms with Crippen LogP contribution in [-0.2, 0) is 24.9 Å². The molecule has 0 atom stereocenters. The summed E-state index contributed by atoms with van der Waals surface area (Å²) in [5, 5.41) is 7.44. The molecular formula is C23H29N5O2. The summed E-state index contributed by atoms with van der Waals surface area (Å²) in [5.41, 5.74) is 5.54. The predicted molar refractivity (Wildman–Crippen MR) is 116 cm³/mol. The Morgan fingerprint density at radius 1 is 1.10 bits per heavy atom. The number of fused-ring (bicyclic) bond motifs is 1. The molecule has 0 spiro atoms. The molecule has 3 aromatic rings. The third-order valence-corrected chi connectivity index (χ3v) is 5.47. The highest BCUT2D eigenvalue weighted by molar-refractivity contribution is 5.66. The molecule has 0 amide bonds. The summed E-state index contributed by atoms with van der Waals surface area (Å²) in [6.07, 6.45) is 4.84. The van der Waals surface area contributed by atoms with Gasteiger partial charge in [-0.15, -0.1) is 0 Å². The highest BCUT2D eigenvalue weighted by Gasteiger charge is 2.24. The molecule has 0 radical (unpaired) electrons. The second-order valence-electron chi connectivity index (χ2n) is 8.72. The van der Waals surface area contributed by atoms with Gasteiger partial charge in [0.25, 0.3) is 0 Å². The van der Waals surface area contributed by atoms with Crippen molar-refractivity contribution in [1.82, 2.24) is 25.1 Å². The summed E-state index contributed by atoms with van der Waals surface area (Å²) < 4.78 is 10.8. The molecule has 4 rings (SSSR count). The second-order valence-corrected chi connectivity index (χ2v) is 8.72. The maximum atomic E-state index is 5.45. The second kappa shape index (κ2) is 8.07. The van der Waals surface area contributed by atoms with Crippen LogP contribution in [0.4, 0.5) is 0 Å². The van der Waals surface area contributed by atoms with Crippen LogP contribution in [0.5, 0.6) is 11.5 Å². The maximum Gasteiger partial charge on any atom is 0.161 e. The lowest BCUT2D eigenvalue weighted by Crippen LogP contribution is -2.32. The van der Waals surface area contributed by atoms with Gasteiger partial charge in [-0.1, -0.05) is 20.8 Å². The average molecular weight is 408 g/mol. The molecule has 0 unspecified atom stereocenters. The fraction of sp³-hybridized carbons (Fsp3) is 0.435. The smallest absolute Gasteiger partial charge is 0.161 e. The first-order valence-electron chi connectivity index (χ1n) is 10.2. The molecule has 0 aliphatic carbocycles. The van der Waals surface area contributed by atoms with Gasteiger partial charge in [-0.25, -0.2) is 9.97 Å². The van der Waals surface area contributed by atoms with Gasteiger partial charge in [0.05, 0.1) is 26.1 Å². The van der Waals surface area contributed by atoms with Crippen molar-refractivity contribution in [2.24, 2.45) is 0 Å². The zero-order chi connectivity index (χ0) is 21.3. The molecule has 7 heteroatoms. The zero-order valence-corrected chi connectivity index (χ0v) is 18.3. The van der Waals surface area contributed by atoms with Crippen molar-refractivity contribution in [3.8, 4) is 22.8 Å². The Labute approximate surface area is 177 Å². The van der Waals surface area contributed by atoms with Gasteiger partial charge >= 0.3 is 0 Å². The zero-order valence-electron chi connectivity index (χ0n) is 18.3. The molecule has 1 aliphatic rings.